The normalized spacial score (nSPS) is 13.7. The predicted octanol–water partition coefficient (Wildman–Crippen LogP) is 5.48. The SMILES string of the molecule is CCN(CCCOc1ccc(OC)c(Nc2ncc(Cl)c(Nc3ccccc3N[SH](C)(C)=O)n2)c1)C1CC1. The van der Waals surface area contributed by atoms with Gasteiger partial charge in [0.25, 0.3) is 0 Å². The second-order valence-corrected chi connectivity index (χ2v) is 12.9. The zero-order valence-corrected chi connectivity index (χ0v) is 24.0. The van der Waals surface area contributed by atoms with Gasteiger partial charge in [0, 0.05) is 31.2 Å². The Morgan fingerprint density at radius 1 is 1.11 bits per heavy atom. The van der Waals surface area contributed by atoms with Gasteiger partial charge in [-0.2, -0.15) is 4.98 Å². The highest BCUT2D eigenvalue weighted by Gasteiger charge is 2.27. The zero-order valence-electron chi connectivity index (χ0n) is 22.3. The fraction of sp³-hybridized carbons (Fsp3) is 0.407. The van der Waals surface area contributed by atoms with Crippen LogP contribution in [0.15, 0.2) is 48.7 Å². The van der Waals surface area contributed by atoms with Crippen LogP contribution in [0.4, 0.5) is 28.8 Å². The Kier molecular flexibility index (Phi) is 9.30. The van der Waals surface area contributed by atoms with Crippen molar-refractivity contribution in [2.24, 2.45) is 0 Å². The van der Waals surface area contributed by atoms with Crippen molar-refractivity contribution in [3.05, 3.63) is 53.7 Å². The number of methoxy groups -OCH3 is 1. The number of aromatic nitrogens is 2. The Morgan fingerprint density at radius 2 is 1.87 bits per heavy atom. The van der Waals surface area contributed by atoms with Gasteiger partial charge in [-0.05, 0) is 60.2 Å². The summed E-state index contributed by atoms with van der Waals surface area (Å²) in [5.41, 5.74) is 2.06. The lowest BCUT2D eigenvalue weighted by Gasteiger charge is -2.20. The molecule has 1 aliphatic carbocycles. The molecular weight excluding hydrogens is 524 g/mol. The number of nitrogens with zero attached hydrogens (tertiary/aromatic N) is 3. The van der Waals surface area contributed by atoms with Crippen LogP contribution in [0.5, 0.6) is 11.5 Å². The summed E-state index contributed by atoms with van der Waals surface area (Å²) in [5, 5.41) is 6.79. The van der Waals surface area contributed by atoms with Crippen molar-refractivity contribution in [1.29, 1.82) is 0 Å². The average Bonchev–Trinajstić information content (AvgIpc) is 3.72. The third-order valence-electron chi connectivity index (χ3n) is 6.06. The lowest BCUT2D eigenvalue weighted by atomic mass is 10.2. The zero-order chi connectivity index (χ0) is 27.1. The Bertz CT molecular complexity index is 1280. The maximum atomic E-state index is 12.3. The van der Waals surface area contributed by atoms with Crippen LogP contribution >= 0.6 is 11.6 Å². The minimum absolute atomic E-state index is 0.331. The van der Waals surface area contributed by atoms with Crippen molar-refractivity contribution in [2.75, 3.05) is 54.7 Å². The van der Waals surface area contributed by atoms with Gasteiger partial charge in [0.05, 0.1) is 37.0 Å². The van der Waals surface area contributed by atoms with Gasteiger partial charge in [0.2, 0.25) is 5.95 Å². The van der Waals surface area contributed by atoms with Crippen LogP contribution in [0.2, 0.25) is 5.02 Å². The molecule has 9 nitrogen and oxygen atoms in total. The van der Waals surface area contributed by atoms with E-state index in [-0.39, 0.29) is 0 Å². The molecule has 0 aliphatic heterocycles. The molecule has 0 atom stereocenters. The first kappa shape index (κ1) is 27.9. The second-order valence-electron chi connectivity index (χ2n) is 9.57. The predicted molar refractivity (Wildman–Crippen MR) is 158 cm³/mol. The van der Waals surface area contributed by atoms with Crippen LogP contribution in [-0.4, -0.2) is 64.4 Å². The molecule has 4 rings (SSSR count). The van der Waals surface area contributed by atoms with Crippen molar-refractivity contribution < 1.29 is 13.7 Å². The Hall–Kier alpha value is -3.08. The average molecular weight is 561 g/mol. The van der Waals surface area contributed by atoms with Crippen molar-refractivity contribution in [3.8, 4) is 11.5 Å². The monoisotopic (exact) mass is 560 g/mol. The van der Waals surface area contributed by atoms with E-state index >= 15 is 0 Å². The summed E-state index contributed by atoms with van der Waals surface area (Å²) in [6.07, 6.45) is 8.46. The van der Waals surface area contributed by atoms with Gasteiger partial charge in [-0.3, -0.25) is 4.21 Å². The number of hydrogen-bond acceptors (Lipinski definition) is 8. The Labute approximate surface area is 230 Å². The van der Waals surface area contributed by atoms with Crippen LogP contribution in [-0.2, 0) is 10.1 Å². The lowest BCUT2D eigenvalue weighted by Crippen LogP contribution is -2.27. The standard InChI is InChI=1S/C27H37ClN6O3S/c1-5-34(19-11-12-19)15-8-16-37-20-13-14-25(36-2)24(17-20)31-27-29-18-21(28)26(32-27)30-22-9-6-7-10-23(22)33-38(3,4)35/h6-7,9-10,13-14,17-19,38H,5,8,11-12,15-16H2,1-4H3,(H,33,35)(H2,29,30,31,32). The first-order valence-electron chi connectivity index (χ1n) is 12.8. The van der Waals surface area contributed by atoms with E-state index in [4.69, 9.17) is 21.1 Å². The van der Waals surface area contributed by atoms with Gasteiger partial charge in [-0.15, -0.1) is 0 Å². The van der Waals surface area contributed by atoms with E-state index in [9.17, 15) is 4.21 Å². The number of thiol groups is 1. The van der Waals surface area contributed by atoms with E-state index < -0.39 is 10.1 Å². The largest absolute Gasteiger partial charge is 0.495 e. The summed E-state index contributed by atoms with van der Waals surface area (Å²) in [5.74, 6) is 2.10. The minimum Gasteiger partial charge on any atom is -0.495 e. The number of rotatable bonds is 14. The lowest BCUT2D eigenvalue weighted by molar-refractivity contribution is 0.235. The molecular formula is C27H37ClN6O3S. The molecule has 1 aliphatic rings. The van der Waals surface area contributed by atoms with Crippen LogP contribution in [0.3, 0.4) is 0 Å². The third kappa shape index (κ3) is 7.96. The number of ether oxygens (including phenoxy) is 2. The summed E-state index contributed by atoms with van der Waals surface area (Å²) in [6.45, 7) is 4.98. The molecule has 38 heavy (non-hydrogen) atoms. The van der Waals surface area contributed by atoms with E-state index in [1.54, 1.807) is 19.6 Å². The number of nitrogens with one attached hydrogen (secondary N) is 3. The van der Waals surface area contributed by atoms with E-state index in [1.807, 2.05) is 42.5 Å². The molecule has 3 N–H and O–H groups in total. The van der Waals surface area contributed by atoms with E-state index in [2.05, 4.69) is 37.1 Å². The highest BCUT2D eigenvalue weighted by Crippen LogP contribution is 2.33. The first-order valence-corrected chi connectivity index (χ1v) is 15.8. The van der Waals surface area contributed by atoms with Crippen LogP contribution in [0.25, 0.3) is 0 Å². The van der Waals surface area contributed by atoms with Crippen molar-refractivity contribution in [1.82, 2.24) is 14.9 Å². The van der Waals surface area contributed by atoms with Gasteiger partial charge in [-0.25, -0.2) is 4.98 Å². The number of benzene rings is 2. The summed E-state index contributed by atoms with van der Waals surface area (Å²) < 4.78 is 27.0. The molecule has 1 aromatic heterocycles. The van der Waals surface area contributed by atoms with Gasteiger partial charge < -0.3 is 29.7 Å². The fourth-order valence-electron chi connectivity index (χ4n) is 4.11. The molecule has 1 fully saturated rings. The summed E-state index contributed by atoms with van der Waals surface area (Å²) >= 11 is 6.41. The first-order chi connectivity index (χ1) is 18.3. The molecule has 2 aromatic carbocycles. The number of anilines is 5. The molecule has 1 saturated carbocycles. The number of para-hydroxylation sites is 2. The van der Waals surface area contributed by atoms with E-state index in [0.717, 1.165) is 31.3 Å². The molecule has 0 unspecified atom stereocenters. The molecule has 0 bridgehead atoms. The Morgan fingerprint density at radius 3 is 2.55 bits per heavy atom. The molecule has 0 radical (unpaired) electrons. The van der Waals surface area contributed by atoms with Gasteiger partial charge >= 0.3 is 0 Å². The van der Waals surface area contributed by atoms with Crippen molar-refractivity contribution >= 4 is 50.5 Å². The third-order valence-corrected chi connectivity index (χ3v) is 7.12. The van der Waals surface area contributed by atoms with Crippen LogP contribution in [0, 0.1) is 0 Å². The number of hydrogen-bond donors (Lipinski definition) is 4. The quantitative estimate of drug-likeness (QED) is 0.152. The molecule has 11 heteroatoms. The highest BCUT2D eigenvalue weighted by molar-refractivity contribution is 8.02. The summed E-state index contributed by atoms with van der Waals surface area (Å²) in [6, 6.07) is 13.8. The summed E-state index contributed by atoms with van der Waals surface area (Å²) in [4.78, 5) is 11.4. The van der Waals surface area contributed by atoms with E-state index in [0.29, 0.717) is 46.2 Å². The van der Waals surface area contributed by atoms with E-state index in [1.165, 1.54) is 19.0 Å². The highest BCUT2D eigenvalue weighted by atomic mass is 35.5. The molecule has 1 heterocycles. The van der Waals surface area contributed by atoms with Crippen molar-refractivity contribution in [3.63, 3.8) is 0 Å². The molecule has 3 aromatic rings. The summed E-state index contributed by atoms with van der Waals surface area (Å²) in [7, 11) is -0.906. The van der Waals surface area contributed by atoms with Gasteiger partial charge in [0.15, 0.2) is 5.82 Å². The van der Waals surface area contributed by atoms with Crippen LogP contribution in [0.1, 0.15) is 26.2 Å². The topological polar surface area (TPSA) is 101 Å². The molecule has 0 saturated heterocycles. The molecule has 0 spiro atoms. The van der Waals surface area contributed by atoms with Crippen molar-refractivity contribution in [2.45, 2.75) is 32.2 Å². The van der Waals surface area contributed by atoms with Gasteiger partial charge in [-0.1, -0.05) is 30.7 Å². The maximum absolute atomic E-state index is 12.3. The fourth-order valence-corrected chi connectivity index (χ4v) is 5.03. The molecule has 0 amide bonds. The minimum atomic E-state index is -2.52. The number of halogens is 1. The Balaban J connectivity index is 1.45. The molecule has 206 valence electrons. The van der Waals surface area contributed by atoms with Crippen LogP contribution < -0.4 is 24.8 Å². The second kappa shape index (κ2) is 12.6. The van der Waals surface area contributed by atoms with Gasteiger partial charge in [0.1, 0.15) is 16.5 Å². The smallest absolute Gasteiger partial charge is 0.229 e. The maximum Gasteiger partial charge on any atom is 0.229 e.